The minimum Gasteiger partial charge on any atom is -0.496 e. The Kier molecular flexibility index (Phi) is 4.24. The van der Waals surface area contributed by atoms with E-state index in [1.807, 2.05) is 30.3 Å². The number of methoxy groups -OCH3 is 1. The molecule has 0 heterocycles. The lowest BCUT2D eigenvalue weighted by atomic mass is 9.95. The number of ether oxygens (including phenoxy) is 1. The normalized spacial score (nSPS) is 9.95. The predicted molar refractivity (Wildman–Crippen MR) is 76.0 cm³/mol. The predicted octanol–water partition coefficient (Wildman–Crippen LogP) is 1.42. The number of hydrogen-bond donors (Lipinski definition) is 1. The van der Waals surface area contributed by atoms with Gasteiger partial charge in [-0.3, -0.25) is 4.79 Å². The van der Waals surface area contributed by atoms with Crippen molar-refractivity contribution in [2.75, 3.05) is 7.11 Å². The fourth-order valence-electron chi connectivity index (χ4n) is 1.75. The van der Waals surface area contributed by atoms with E-state index >= 15 is 0 Å². The first kappa shape index (κ1) is 13.2. The number of carbonyl (C=O) groups excluding carboxylic acids is 1. The summed E-state index contributed by atoms with van der Waals surface area (Å²) < 4.78 is 5.16. The van der Waals surface area contributed by atoms with E-state index in [9.17, 15) is 4.79 Å². The molecule has 2 aromatic carbocycles. The molecule has 1 N–H and O–H groups in total. The summed E-state index contributed by atoms with van der Waals surface area (Å²) in [6.07, 6.45) is 0. The molecule has 0 aromatic heterocycles. The molecule has 2 aromatic rings. The molecule has 1 amide bonds. The first-order chi connectivity index (χ1) is 9.20. The molecule has 2 rings (SSSR count). The summed E-state index contributed by atoms with van der Waals surface area (Å²) in [4.78, 5) is 12.0. The molecular weight excluding hydrogens is 237 g/mol. The molecule has 19 heavy (non-hydrogen) atoms. The van der Waals surface area contributed by atoms with Gasteiger partial charge in [0.2, 0.25) is 0 Å². The zero-order valence-corrected chi connectivity index (χ0v) is 10.7. The van der Waals surface area contributed by atoms with Crippen LogP contribution in [-0.2, 0) is 6.54 Å². The molecule has 0 saturated heterocycles. The van der Waals surface area contributed by atoms with Gasteiger partial charge in [-0.1, -0.05) is 41.9 Å². The number of amides is 1. The van der Waals surface area contributed by atoms with Crippen molar-refractivity contribution in [3.63, 3.8) is 0 Å². The fraction of sp³-hybridized carbons (Fsp3) is 0.133. The van der Waals surface area contributed by atoms with Crippen LogP contribution in [0.25, 0.3) is 0 Å². The van der Waals surface area contributed by atoms with E-state index in [1.165, 1.54) is 0 Å². The van der Waals surface area contributed by atoms with Gasteiger partial charge in [0.05, 0.1) is 12.7 Å². The Balaban J connectivity index is 2.03. The number of hydrogen-bond acceptors (Lipinski definition) is 2. The van der Waals surface area contributed by atoms with Crippen molar-refractivity contribution in [1.29, 1.82) is 0 Å². The van der Waals surface area contributed by atoms with Gasteiger partial charge in [0.1, 0.15) is 13.6 Å². The Morgan fingerprint density at radius 1 is 1.16 bits per heavy atom. The quantitative estimate of drug-likeness (QED) is 0.834. The minimum absolute atomic E-state index is 0.158. The molecule has 0 aliphatic heterocycles. The van der Waals surface area contributed by atoms with Crippen LogP contribution in [0, 0.1) is 0 Å². The van der Waals surface area contributed by atoms with E-state index in [1.54, 1.807) is 25.3 Å². The third-order valence-electron chi connectivity index (χ3n) is 2.78. The van der Waals surface area contributed by atoms with E-state index in [0.29, 0.717) is 23.3 Å². The molecule has 2 radical (unpaired) electrons. The Labute approximate surface area is 114 Å². The van der Waals surface area contributed by atoms with Gasteiger partial charge < -0.3 is 10.1 Å². The first-order valence-electron chi connectivity index (χ1n) is 5.96. The minimum atomic E-state index is -0.158. The zero-order valence-electron chi connectivity index (χ0n) is 10.7. The van der Waals surface area contributed by atoms with Crippen LogP contribution in [0.5, 0.6) is 5.75 Å². The summed E-state index contributed by atoms with van der Waals surface area (Å²) in [7, 11) is 7.16. The molecule has 0 unspecified atom stereocenters. The topological polar surface area (TPSA) is 38.3 Å². The second kappa shape index (κ2) is 6.09. The van der Waals surface area contributed by atoms with Crippen LogP contribution in [0.1, 0.15) is 15.9 Å². The third-order valence-corrected chi connectivity index (χ3v) is 2.78. The smallest absolute Gasteiger partial charge is 0.255 e. The van der Waals surface area contributed by atoms with Gasteiger partial charge >= 0.3 is 0 Å². The summed E-state index contributed by atoms with van der Waals surface area (Å²) >= 11 is 0. The van der Waals surface area contributed by atoms with Crippen LogP contribution < -0.4 is 15.5 Å². The highest BCUT2D eigenvalue weighted by molar-refractivity contribution is 6.32. The molecule has 0 saturated carbocycles. The highest BCUT2D eigenvalue weighted by atomic mass is 16.5. The van der Waals surface area contributed by atoms with Crippen molar-refractivity contribution in [3.8, 4) is 5.75 Å². The van der Waals surface area contributed by atoms with E-state index in [0.717, 1.165) is 5.56 Å². The van der Waals surface area contributed by atoms with Crippen LogP contribution in [0.15, 0.2) is 48.5 Å². The van der Waals surface area contributed by atoms with Crippen LogP contribution in [0.2, 0.25) is 0 Å². The van der Waals surface area contributed by atoms with Crippen molar-refractivity contribution in [3.05, 3.63) is 59.7 Å². The lowest BCUT2D eigenvalue weighted by Gasteiger charge is -2.09. The summed E-state index contributed by atoms with van der Waals surface area (Å²) in [5, 5.41) is 2.85. The van der Waals surface area contributed by atoms with Crippen molar-refractivity contribution in [2.24, 2.45) is 0 Å². The molecule has 0 aliphatic rings. The standard InChI is InChI=1S/C15H14BNO2/c1-19-14-5-3-2-4-13(14)15(18)17-10-11-6-8-12(16)9-7-11/h2-9H,10H2,1H3,(H,17,18). The Bertz CT molecular complexity index is 567. The van der Waals surface area contributed by atoms with Crippen LogP contribution in [0.3, 0.4) is 0 Å². The largest absolute Gasteiger partial charge is 0.496 e. The van der Waals surface area contributed by atoms with Gasteiger partial charge in [-0.15, -0.1) is 0 Å². The number of benzene rings is 2. The van der Waals surface area contributed by atoms with Gasteiger partial charge in [0.15, 0.2) is 0 Å². The lowest BCUT2D eigenvalue weighted by Crippen LogP contribution is -2.23. The van der Waals surface area contributed by atoms with Gasteiger partial charge in [-0.05, 0) is 17.7 Å². The molecule has 3 nitrogen and oxygen atoms in total. The van der Waals surface area contributed by atoms with Crippen LogP contribution in [0.4, 0.5) is 0 Å². The third kappa shape index (κ3) is 3.38. The van der Waals surface area contributed by atoms with E-state index < -0.39 is 0 Å². The number of carbonyl (C=O) groups is 1. The summed E-state index contributed by atoms with van der Waals surface area (Å²) in [6.45, 7) is 0.456. The molecule has 0 aliphatic carbocycles. The molecular formula is C15H14BNO2. The average molecular weight is 251 g/mol. The molecule has 4 heteroatoms. The second-order valence-electron chi connectivity index (χ2n) is 4.12. The van der Waals surface area contributed by atoms with Crippen molar-refractivity contribution < 1.29 is 9.53 Å². The summed E-state index contributed by atoms with van der Waals surface area (Å²) in [5.74, 6) is 0.409. The average Bonchev–Trinajstić information content (AvgIpc) is 2.46. The van der Waals surface area contributed by atoms with Crippen LogP contribution in [-0.4, -0.2) is 20.9 Å². The van der Waals surface area contributed by atoms with Crippen LogP contribution >= 0.6 is 0 Å². The maximum absolute atomic E-state index is 12.0. The molecule has 94 valence electrons. The molecule has 0 fully saturated rings. The SMILES string of the molecule is [B]c1ccc(CNC(=O)c2ccccc2OC)cc1. The number of rotatable bonds is 4. The highest BCUT2D eigenvalue weighted by Crippen LogP contribution is 2.16. The van der Waals surface area contributed by atoms with Gasteiger partial charge in [0, 0.05) is 6.54 Å². The Morgan fingerprint density at radius 2 is 1.84 bits per heavy atom. The number of nitrogens with one attached hydrogen (secondary N) is 1. The zero-order chi connectivity index (χ0) is 13.7. The van der Waals surface area contributed by atoms with Crippen molar-refractivity contribution in [2.45, 2.75) is 6.54 Å². The second-order valence-corrected chi connectivity index (χ2v) is 4.12. The summed E-state index contributed by atoms with van der Waals surface area (Å²) in [5.41, 5.74) is 2.23. The monoisotopic (exact) mass is 251 g/mol. The lowest BCUT2D eigenvalue weighted by molar-refractivity contribution is 0.0948. The Hall–Kier alpha value is -2.23. The number of para-hydroxylation sites is 1. The Morgan fingerprint density at radius 3 is 2.53 bits per heavy atom. The maximum Gasteiger partial charge on any atom is 0.255 e. The van der Waals surface area contributed by atoms with E-state index in [4.69, 9.17) is 12.6 Å². The maximum atomic E-state index is 12.0. The van der Waals surface area contributed by atoms with Gasteiger partial charge in [-0.25, -0.2) is 0 Å². The van der Waals surface area contributed by atoms with E-state index in [2.05, 4.69) is 5.32 Å². The molecule has 0 spiro atoms. The van der Waals surface area contributed by atoms with Gasteiger partial charge in [0.25, 0.3) is 5.91 Å². The molecule has 0 bridgehead atoms. The van der Waals surface area contributed by atoms with Gasteiger partial charge in [-0.2, -0.15) is 0 Å². The highest BCUT2D eigenvalue weighted by Gasteiger charge is 2.10. The van der Waals surface area contributed by atoms with Crippen molar-refractivity contribution in [1.82, 2.24) is 5.32 Å². The summed E-state index contributed by atoms with van der Waals surface area (Å²) in [6, 6.07) is 14.5. The fourth-order valence-corrected chi connectivity index (χ4v) is 1.75. The first-order valence-corrected chi connectivity index (χ1v) is 5.96. The van der Waals surface area contributed by atoms with Crippen molar-refractivity contribution >= 4 is 19.2 Å². The molecule has 0 atom stereocenters. The van der Waals surface area contributed by atoms with E-state index in [-0.39, 0.29) is 5.91 Å².